The van der Waals surface area contributed by atoms with Crippen LogP contribution >= 0.6 is 0 Å². The Morgan fingerprint density at radius 1 is 1.09 bits per heavy atom. The molecule has 2 aromatic heterocycles. The molecule has 34 heavy (non-hydrogen) atoms. The number of carbonyl (C=O) groups is 1. The summed E-state index contributed by atoms with van der Waals surface area (Å²) < 4.78 is 27.3. The van der Waals surface area contributed by atoms with Gasteiger partial charge in [0.2, 0.25) is 0 Å². The predicted octanol–water partition coefficient (Wildman–Crippen LogP) is 5.04. The average molecular weight is 457 g/mol. The highest BCUT2D eigenvalue weighted by atomic mass is 19.2. The lowest BCUT2D eigenvalue weighted by molar-refractivity contribution is 0.0622. The molecule has 1 N–H and O–H groups in total. The number of carbonyl (C=O) groups excluding carboxylic acids is 1. The molecule has 0 spiro atoms. The number of hydrogen-bond acceptors (Lipinski definition) is 5. The molecule has 0 unspecified atom stereocenters. The third kappa shape index (κ3) is 4.13. The quantitative estimate of drug-likeness (QED) is 0.464. The van der Waals surface area contributed by atoms with Crippen LogP contribution in [0.1, 0.15) is 35.3 Å². The van der Waals surface area contributed by atoms with Crippen LogP contribution in [0.3, 0.4) is 0 Å². The number of nitrogens with one attached hydrogen (secondary N) is 1. The van der Waals surface area contributed by atoms with E-state index in [9.17, 15) is 18.8 Å². The van der Waals surface area contributed by atoms with Gasteiger partial charge in [-0.25, -0.2) is 13.8 Å². The molecule has 2 aromatic carbocycles. The van der Waals surface area contributed by atoms with Crippen molar-refractivity contribution in [3.8, 4) is 6.07 Å². The van der Waals surface area contributed by atoms with E-state index < -0.39 is 11.6 Å². The molecule has 1 amide bonds. The SMILES string of the molecule is N#Cc1cc2cc(F)c(F)cc2nc1NC[C@@H]1CCCCN1C(=O)c1cc2ccccc2cn1. The molecular weight excluding hydrogens is 436 g/mol. The second kappa shape index (κ2) is 9.02. The molecule has 6 nitrogen and oxygen atoms in total. The lowest BCUT2D eigenvalue weighted by atomic mass is 10.0. The van der Waals surface area contributed by atoms with Gasteiger partial charge in [0, 0.05) is 42.2 Å². The van der Waals surface area contributed by atoms with Crippen LogP contribution in [0.4, 0.5) is 14.6 Å². The van der Waals surface area contributed by atoms with Gasteiger partial charge in [-0.2, -0.15) is 5.26 Å². The van der Waals surface area contributed by atoms with Gasteiger partial charge in [0.05, 0.1) is 11.1 Å². The van der Waals surface area contributed by atoms with Gasteiger partial charge >= 0.3 is 0 Å². The van der Waals surface area contributed by atoms with Gasteiger partial charge in [-0.3, -0.25) is 9.78 Å². The number of anilines is 1. The Kier molecular flexibility index (Phi) is 5.76. The Labute approximate surface area is 194 Å². The number of aromatic nitrogens is 2. The fraction of sp³-hybridized carbons (Fsp3) is 0.231. The minimum Gasteiger partial charge on any atom is -0.367 e. The molecule has 0 bridgehead atoms. The molecule has 8 heteroatoms. The maximum Gasteiger partial charge on any atom is 0.272 e. The topological polar surface area (TPSA) is 81.9 Å². The van der Waals surface area contributed by atoms with Crippen LogP contribution in [-0.4, -0.2) is 39.9 Å². The Balaban J connectivity index is 1.38. The largest absolute Gasteiger partial charge is 0.367 e. The summed E-state index contributed by atoms with van der Waals surface area (Å²) in [6.07, 6.45) is 4.38. The number of amides is 1. The molecule has 0 saturated carbocycles. The molecule has 0 aliphatic carbocycles. The standard InChI is InChI=1S/C26H21F2N5O/c27-21-10-18-9-19(13-29)25(32-23(18)12-22(21)28)31-15-20-7-3-4-8-33(20)26(34)24-11-16-5-1-2-6-17(16)14-30-24/h1-2,5-6,9-12,14,20H,3-4,7-8,15H2,(H,31,32)/t20-/m0/s1. The minimum atomic E-state index is -0.998. The summed E-state index contributed by atoms with van der Waals surface area (Å²) in [4.78, 5) is 23.9. The van der Waals surface area contributed by atoms with Gasteiger partial charge in [0.25, 0.3) is 5.91 Å². The number of pyridine rings is 2. The summed E-state index contributed by atoms with van der Waals surface area (Å²) in [5.74, 6) is -1.84. The maximum atomic E-state index is 13.7. The van der Waals surface area contributed by atoms with Crippen molar-refractivity contribution in [2.24, 2.45) is 0 Å². The number of nitrogens with zero attached hydrogens (tertiary/aromatic N) is 4. The zero-order chi connectivity index (χ0) is 23.7. The predicted molar refractivity (Wildman–Crippen MR) is 125 cm³/mol. The van der Waals surface area contributed by atoms with Crippen LogP contribution < -0.4 is 5.32 Å². The number of halogens is 2. The molecular formula is C26H21F2N5O. The zero-order valence-corrected chi connectivity index (χ0v) is 18.3. The number of fused-ring (bicyclic) bond motifs is 2. The lowest BCUT2D eigenvalue weighted by Gasteiger charge is -2.36. The highest BCUT2D eigenvalue weighted by Gasteiger charge is 2.28. The van der Waals surface area contributed by atoms with E-state index in [2.05, 4.69) is 21.4 Å². The number of benzene rings is 2. The van der Waals surface area contributed by atoms with Crippen molar-refractivity contribution in [1.82, 2.24) is 14.9 Å². The molecule has 5 rings (SSSR count). The molecule has 1 fully saturated rings. The molecule has 4 aromatic rings. The molecule has 1 saturated heterocycles. The maximum absolute atomic E-state index is 13.7. The van der Waals surface area contributed by atoms with Crippen LogP contribution in [0.15, 0.2) is 54.7 Å². The Bertz CT molecular complexity index is 1450. The number of rotatable bonds is 4. The molecule has 1 aliphatic heterocycles. The van der Waals surface area contributed by atoms with Gasteiger partial charge in [0.1, 0.15) is 17.6 Å². The normalized spacial score (nSPS) is 15.9. The van der Waals surface area contributed by atoms with Gasteiger partial charge in [0.15, 0.2) is 11.6 Å². The lowest BCUT2D eigenvalue weighted by Crippen LogP contribution is -2.47. The van der Waals surface area contributed by atoms with E-state index in [1.807, 2.05) is 35.2 Å². The van der Waals surface area contributed by atoms with Crippen LogP contribution in [0.25, 0.3) is 21.7 Å². The highest BCUT2D eigenvalue weighted by Crippen LogP contribution is 2.25. The first-order valence-corrected chi connectivity index (χ1v) is 11.1. The monoisotopic (exact) mass is 457 g/mol. The number of hydrogen-bond donors (Lipinski definition) is 1. The molecule has 3 heterocycles. The Morgan fingerprint density at radius 2 is 1.88 bits per heavy atom. The summed E-state index contributed by atoms with van der Waals surface area (Å²) in [5.41, 5.74) is 0.866. The highest BCUT2D eigenvalue weighted by molar-refractivity contribution is 5.96. The van der Waals surface area contributed by atoms with E-state index in [1.165, 1.54) is 6.07 Å². The molecule has 0 radical (unpaired) electrons. The van der Waals surface area contributed by atoms with Crippen LogP contribution in [0.5, 0.6) is 0 Å². The zero-order valence-electron chi connectivity index (χ0n) is 18.3. The molecule has 1 aliphatic rings. The van der Waals surface area contributed by atoms with Gasteiger partial charge < -0.3 is 10.2 Å². The fourth-order valence-electron chi connectivity index (χ4n) is 4.43. The molecule has 170 valence electrons. The minimum absolute atomic E-state index is 0.122. The van der Waals surface area contributed by atoms with E-state index in [1.54, 1.807) is 6.20 Å². The number of likely N-dealkylation sites (tertiary alicyclic amines) is 1. The van der Waals surface area contributed by atoms with Crippen LogP contribution in [0, 0.1) is 23.0 Å². The van der Waals surface area contributed by atoms with Crippen molar-refractivity contribution < 1.29 is 13.6 Å². The van der Waals surface area contributed by atoms with Crippen molar-refractivity contribution in [2.75, 3.05) is 18.4 Å². The third-order valence-electron chi connectivity index (χ3n) is 6.22. The third-order valence-corrected chi connectivity index (χ3v) is 6.22. The van der Waals surface area contributed by atoms with E-state index >= 15 is 0 Å². The first-order chi connectivity index (χ1) is 16.5. The average Bonchev–Trinajstić information content (AvgIpc) is 2.87. The summed E-state index contributed by atoms with van der Waals surface area (Å²) in [6.45, 7) is 0.983. The summed E-state index contributed by atoms with van der Waals surface area (Å²) >= 11 is 0. The first-order valence-electron chi connectivity index (χ1n) is 11.1. The van der Waals surface area contributed by atoms with Crippen molar-refractivity contribution in [3.05, 3.63) is 77.6 Å². The van der Waals surface area contributed by atoms with Gasteiger partial charge in [-0.05, 0) is 42.8 Å². The van der Waals surface area contributed by atoms with E-state index in [0.29, 0.717) is 24.2 Å². The Hall–Kier alpha value is -4.12. The van der Waals surface area contributed by atoms with Crippen molar-refractivity contribution >= 4 is 33.4 Å². The smallest absolute Gasteiger partial charge is 0.272 e. The first kappa shape index (κ1) is 21.7. The van der Waals surface area contributed by atoms with Crippen LogP contribution in [-0.2, 0) is 0 Å². The van der Waals surface area contributed by atoms with Crippen LogP contribution in [0.2, 0.25) is 0 Å². The molecule has 1 atom stereocenters. The summed E-state index contributed by atoms with van der Waals surface area (Å²) in [7, 11) is 0. The van der Waals surface area contributed by atoms with E-state index in [4.69, 9.17) is 0 Å². The number of piperidine rings is 1. The van der Waals surface area contributed by atoms with E-state index in [0.717, 1.165) is 42.2 Å². The fourth-order valence-corrected chi connectivity index (χ4v) is 4.43. The second-order valence-electron chi connectivity index (χ2n) is 8.40. The summed E-state index contributed by atoms with van der Waals surface area (Å²) in [5, 5.41) is 15.0. The summed E-state index contributed by atoms with van der Waals surface area (Å²) in [6, 6.07) is 15.0. The van der Waals surface area contributed by atoms with Crippen molar-refractivity contribution in [3.63, 3.8) is 0 Å². The second-order valence-corrected chi connectivity index (χ2v) is 8.40. The van der Waals surface area contributed by atoms with Crippen molar-refractivity contribution in [1.29, 1.82) is 5.26 Å². The Morgan fingerprint density at radius 3 is 2.71 bits per heavy atom. The van der Waals surface area contributed by atoms with E-state index in [-0.39, 0.29) is 28.8 Å². The number of nitriles is 1. The van der Waals surface area contributed by atoms with Gasteiger partial charge in [-0.15, -0.1) is 0 Å². The van der Waals surface area contributed by atoms with Crippen molar-refractivity contribution in [2.45, 2.75) is 25.3 Å². The van der Waals surface area contributed by atoms with Gasteiger partial charge in [-0.1, -0.05) is 24.3 Å².